The van der Waals surface area contributed by atoms with Crippen molar-refractivity contribution in [2.24, 2.45) is 5.41 Å². The van der Waals surface area contributed by atoms with Gasteiger partial charge in [-0.25, -0.2) is 9.78 Å². The van der Waals surface area contributed by atoms with Crippen molar-refractivity contribution >= 4 is 22.4 Å². The number of carbonyl (C=O) groups is 1. The summed E-state index contributed by atoms with van der Waals surface area (Å²) in [5.41, 5.74) is 0.0752. The zero-order chi connectivity index (χ0) is 13.3. The van der Waals surface area contributed by atoms with Gasteiger partial charge in [0, 0.05) is 18.6 Å². The molecule has 0 aliphatic heterocycles. The first-order valence-electron chi connectivity index (χ1n) is 5.82. The zero-order valence-electron chi connectivity index (χ0n) is 11.0. The number of carbonyl (C=O) groups excluding carboxylic acids is 1. The first-order chi connectivity index (χ1) is 8.48. The van der Waals surface area contributed by atoms with Crippen molar-refractivity contribution in [2.75, 3.05) is 19.5 Å². The molecule has 1 heterocycles. The standard InChI is InChI=1S/C12H18N2O3S/c1-12(2)8(5-9(12)16-3)14-11-13-6-7(18-11)10(15)17-4/h6,8-9H,5H2,1-4H3,(H,13,14). The molecule has 0 amide bonds. The highest BCUT2D eigenvalue weighted by Gasteiger charge is 2.48. The van der Waals surface area contributed by atoms with E-state index in [4.69, 9.17) is 4.74 Å². The molecule has 0 spiro atoms. The van der Waals surface area contributed by atoms with Crippen LogP contribution in [0.4, 0.5) is 5.13 Å². The fourth-order valence-electron chi connectivity index (χ4n) is 2.22. The molecule has 1 saturated carbocycles. The molecule has 2 atom stereocenters. The Morgan fingerprint density at radius 2 is 2.28 bits per heavy atom. The minimum atomic E-state index is -0.344. The van der Waals surface area contributed by atoms with E-state index in [2.05, 4.69) is 28.9 Å². The van der Waals surface area contributed by atoms with Crippen LogP contribution in [0.5, 0.6) is 0 Å². The maximum atomic E-state index is 11.3. The summed E-state index contributed by atoms with van der Waals surface area (Å²) in [7, 11) is 3.11. The van der Waals surface area contributed by atoms with Gasteiger partial charge < -0.3 is 14.8 Å². The third-order valence-corrected chi connectivity index (χ3v) is 4.56. The number of aromatic nitrogens is 1. The highest BCUT2D eigenvalue weighted by molar-refractivity contribution is 7.17. The van der Waals surface area contributed by atoms with Crippen LogP contribution in [0.3, 0.4) is 0 Å². The summed E-state index contributed by atoms with van der Waals surface area (Å²) in [5.74, 6) is -0.344. The second-order valence-electron chi connectivity index (χ2n) is 5.00. The lowest BCUT2D eigenvalue weighted by atomic mass is 9.64. The summed E-state index contributed by atoms with van der Waals surface area (Å²) in [6, 6.07) is 0.319. The molecule has 18 heavy (non-hydrogen) atoms. The number of esters is 1. The van der Waals surface area contributed by atoms with Gasteiger partial charge in [-0.05, 0) is 6.42 Å². The van der Waals surface area contributed by atoms with Crippen molar-refractivity contribution in [1.82, 2.24) is 4.98 Å². The second-order valence-corrected chi connectivity index (χ2v) is 6.03. The Morgan fingerprint density at radius 1 is 1.56 bits per heavy atom. The normalized spacial score (nSPS) is 25.3. The molecule has 1 aliphatic carbocycles. The van der Waals surface area contributed by atoms with Crippen LogP contribution in [0.1, 0.15) is 29.9 Å². The fourth-order valence-corrected chi connectivity index (χ4v) is 3.00. The number of rotatable bonds is 4. The average Bonchev–Trinajstić information content (AvgIpc) is 2.81. The summed E-state index contributed by atoms with van der Waals surface area (Å²) < 4.78 is 10.1. The van der Waals surface area contributed by atoms with E-state index in [0.717, 1.165) is 11.6 Å². The summed E-state index contributed by atoms with van der Waals surface area (Å²) in [6.45, 7) is 4.33. The highest BCUT2D eigenvalue weighted by Crippen LogP contribution is 2.44. The fraction of sp³-hybridized carbons (Fsp3) is 0.667. The molecule has 100 valence electrons. The molecule has 0 aromatic carbocycles. The topological polar surface area (TPSA) is 60.5 Å². The number of hydrogen-bond donors (Lipinski definition) is 1. The highest BCUT2D eigenvalue weighted by atomic mass is 32.1. The molecule has 6 heteroatoms. The molecule has 0 saturated heterocycles. The van der Waals surface area contributed by atoms with Gasteiger partial charge in [0.25, 0.3) is 0 Å². The number of thiazole rings is 1. The predicted molar refractivity (Wildman–Crippen MR) is 70.1 cm³/mol. The Bertz CT molecular complexity index is 444. The Kier molecular flexibility index (Phi) is 3.59. The lowest BCUT2D eigenvalue weighted by Crippen LogP contribution is -2.57. The first-order valence-corrected chi connectivity index (χ1v) is 6.64. The van der Waals surface area contributed by atoms with Gasteiger partial charge in [-0.1, -0.05) is 25.2 Å². The first kappa shape index (κ1) is 13.3. The van der Waals surface area contributed by atoms with Gasteiger partial charge in [0.1, 0.15) is 4.88 Å². The number of methoxy groups -OCH3 is 2. The summed E-state index contributed by atoms with van der Waals surface area (Å²) in [5, 5.41) is 4.10. The van der Waals surface area contributed by atoms with E-state index in [9.17, 15) is 4.79 Å². The van der Waals surface area contributed by atoms with Crippen LogP contribution in [0, 0.1) is 5.41 Å². The maximum Gasteiger partial charge on any atom is 0.349 e. The van der Waals surface area contributed by atoms with Gasteiger partial charge >= 0.3 is 5.97 Å². The molecular weight excluding hydrogens is 252 g/mol. The Morgan fingerprint density at radius 3 is 2.83 bits per heavy atom. The minimum Gasteiger partial charge on any atom is -0.465 e. The summed E-state index contributed by atoms with van der Waals surface area (Å²) in [6.07, 6.45) is 2.77. The van der Waals surface area contributed by atoms with E-state index >= 15 is 0 Å². The molecule has 1 aromatic rings. The molecule has 1 aliphatic rings. The molecular formula is C12H18N2O3S. The Hall–Kier alpha value is -1.14. The summed E-state index contributed by atoms with van der Waals surface area (Å²) in [4.78, 5) is 16.0. The number of hydrogen-bond acceptors (Lipinski definition) is 6. The van der Waals surface area contributed by atoms with Crippen molar-refractivity contribution in [3.8, 4) is 0 Å². The summed E-state index contributed by atoms with van der Waals surface area (Å²) >= 11 is 1.32. The van der Waals surface area contributed by atoms with E-state index in [1.165, 1.54) is 24.6 Å². The molecule has 5 nitrogen and oxygen atoms in total. The molecule has 1 fully saturated rings. The SMILES string of the molecule is COC(=O)c1cnc(NC2CC(OC)C2(C)C)s1. The van der Waals surface area contributed by atoms with Crippen LogP contribution in [-0.4, -0.2) is 37.3 Å². The molecule has 0 radical (unpaired) electrons. The van der Waals surface area contributed by atoms with Crippen LogP contribution in [0.25, 0.3) is 0 Å². The van der Waals surface area contributed by atoms with Gasteiger partial charge in [-0.3, -0.25) is 0 Å². The van der Waals surface area contributed by atoms with Crippen molar-refractivity contribution in [1.29, 1.82) is 0 Å². The Balaban J connectivity index is 1.99. The van der Waals surface area contributed by atoms with Crippen molar-refractivity contribution < 1.29 is 14.3 Å². The third kappa shape index (κ3) is 2.22. The van der Waals surface area contributed by atoms with Gasteiger partial charge in [0.05, 0.1) is 19.4 Å². The smallest absolute Gasteiger partial charge is 0.349 e. The predicted octanol–water partition coefficient (Wildman–Crippen LogP) is 2.16. The molecule has 0 bridgehead atoms. The van der Waals surface area contributed by atoms with Gasteiger partial charge in [-0.2, -0.15) is 0 Å². The lowest BCUT2D eigenvalue weighted by Gasteiger charge is -2.51. The van der Waals surface area contributed by atoms with E-state index in [1.807, 2.05) is 0 Å². The van der Waals surface area contributed by atoms with Crippen molar-refractivity contribution in [2.45, 2.75) is 32.4 Å². The van der Waals surface area contributed by atoms with Gasteiger partial charge in [-0.15, -0.1) is 0 Å². The van der Waals surface area contributed by atoms with Crippen molar-refractivity contribution in [3.05, 3.63) is 11.1 Å². The van der Waals surface area contributed by atoms with E-state index < -0.39 is 0 Å². The largest absolute Gasteiger partial charge is 0.465 e. The van der Waals surface area contributed by atoms with Crippen LogP contribution in [0.2, 0.25) is 0 Å². The van der Waals surface area contributed by atoms with Crippen LogP contribution in [-0.2, 0) is 9.47 Å². The maximum absolute atomic E-state index is 11.3. The molecule has 1 N–H and O–H groups in total. The van der Waals surface area contributed by atoms with Crippen LogP contribution in [0.15, 0.2) is 6.20 Å². The van der Waals surface area contributed by atoms with Gasteiger partial charge in [0.15, 0.2) is 5.13 Å². The second kappa shape index (κ2) is 4.85. The Labute approximate surface area is 111 Å². The van der Waals surface area contributed by atoms with Gasteiger partial charge in [0.2, 0.25) is 0 Å². The van der Waals surface area contributed by atoms with E-state index in [-0.39, 0.29) is 17.5 Å². The zero-order valence-corrected chi connectivity index (χ0v) is 11.8. The number of nitrogens with one attached hydrogen (secondary N) is 1. The lowest BCUT2D eigenvalue weighted by molar-refractivity contribution is -0.0794. The minimum absolute atomic E-state index is 0.0752. The molecule has 2 unspecified atom stereocenters. The van der Waals surface area contributed by atoms with Crippen LogP contribution < -0.4 is 5.32 Å². The van der Waals surface area contributed by atoms with Crippen LogP contribution >= 0.6 is 11.3 Å². The average molecular weight is 270 g/mol. The van der Waals surface area contributed by atoms with E-state index in [1.54, 1.807) is 7.11 Å². The van der Waals surface area contributed by atoms with Crippen molar-refractivity contribution in [3.63, 3.8) is 0 Å². The van der Waals surface area contributed by atoms with E-state index in [0.29, 0.717) is 10.9 Å². The monoisotopic (exact) mass is 270 g/mol. The molecule has 2 rings (SSSR count). The third-order valence-electron chi connectivity index (χ3n) is 3.65. The number of ether oxygens (including phenoxy) is 2. The molecule has 1 aromatic heterocycles. The number of nitrogens with zero attached hydrogens (tertiary/aromatic N) is 1. The number of anilines is 1. The quantitative estimate of drug-likeness (QED) is 0.849.